The summed E-state index contributed by atoms with van der Waals surface area (Å²) >= 11 is 0. The van der Waals surface area contributed by atoms with E-state index >= 15 is 0 Å². The maximum Gasteiger partial charge on any atom is 0.273 e. The molecule has 0 bridgehead atoms. The molecule has 0 unspecified atom stereocenters. The predicted molar refractivity (Wildman–Crippen MR) is 105 cm³/mol. The van der Waals surface area contributed by atoms with Crippen molar-refractivity contribution in [2.75, 3.05) is 6.54 Å². The molecule has 7 nitrogen and oxygen atoms in total. The first-order chi connectivity index (χ1) is 13.8. The van der Waals surface area contributed by atoms with Crippen molar-refractivity contribution in [2.24, 2.45) is 0 Å². The second kappa shape index (κ2) is 8.30. The lowest BCUT2D eigenvalue weighted by Gasteiger charge is -2.02. The first-order valence-corrected chi connectivity index (χ1v) is 9.09. The summed E-state index contributed by atoms with van der Waals surface area (Å²) in [5, 5.41) is 15.2. The Labute approximate surface area is 162 Å². The van der Waals surface area contributed by atoms with Gasteiger partial charge < -0.3 is 5.32 Å². The minimum absolute atomic E-state index is 0.227. The number of hydrogen-bond acceptors (Lipinski definition) is 4. The van der Waals surface area contributed by atoms with Crippen LogP contribution in [0.3, 0.4) is 0 Å². The van der Waals surface area contributed by atoms with E-state index < -0.39 is 0 Å². The third-order valence-corrected chi connectivity index (χ3v) is 4.31. The Kier molecular flexibility index (Phi) is 5.24. The molecule has 2 heterocycles. The van der Waals surface area contributed by atoms with Crippen molar-refractivity contribution in [1.82, 2.24) is 30.1 Å². The van der Waals surface area contributed by atoms with Crippen molar-refractivity contribution < 1.29 is 4.79 Å². The summed E-state index contributed by atoms with van der Waals surface area (Å²) in [6.07, 6.45) is 6.14. The Hall–Kier alpha value is -3.74. The molecule has 7 heteroatoms. The third-order valence-electron chi connectivity index (χ3n) is 4.31. The van der Waals surface area contributed by atoms with Crippen LogP contribution < -0.4 is 5.32 Å². The Balaban J connectivity index is 1.29. The number of carbonyl (C=O) groups is 1. The van der Waals surface area contributed by atoms with Crippen LogP contribution in [0, 0.1) is 0 Å². The standard InChI is InChI=1S/C21H20N6O/c28-21(20-16-26(25-24-20)14-17-7-3-1-4-8-17)22-12-11-18-13-23-27(15-18)19-9-5-2-6-10-19/h1-10,13,15-16H,11-12,14H2,(H,22,28). The van der Waals surface area contributed by atoms with Gasteiger partial charge >= 0.3 is 0 Å². The van der Waals surface area contributed by atoms with Gasteiger partial charge in [-0.05, 0) is 29.7 Å². The van der Waals surface area contributed by atoms with Gasteiger partial charge in [-0.25, -0.2) is 9.36 Å². The number of nitrogens with one attached hydrogen (secondary N) is 1. The van der Waals surface area contributed by atoms with E-state index in [0.717, 1.165) is 16.8 Å². The monoisotopic (exact) mass is 372 g/mol. The zero-order valence-electron chi connectivity index (χ0n) is 15.3. The minimum Gasteiger partial charge on any atom is -0.350 e. The van der Waals surface area contributed by atoms with Crippen molar-refractivity contribution in [3.63, 3.8) is 0 Å². The number of nitrogens with zero attached hydrogens (tertiary/aromatic N) is 5. The van der Waals surface area contributed by atoms with Gasteiger partial charge in [-0.15, -0.1) is 5.10 Å². The van der Waals surface area contributed by atoms with Gasteiger partial charge in [0.15, 0.2) is 5.69 Å². The highest BCUT2D eigenvalue weighted by Crippen LogP contribution is 2.08. The molecular weight excluding hydrogens is 352 g/mol. The molecule has 1 amide bonds. The molecule has 0 atom stereocenters. The quantitative estimate of drug-likeness (QED) is 0.541. The molecule has 0 radical (unpaired) electrons. The molecule has 4 rings (SSSR count). The molecular formula is C21H20N6O. The largest absolute Gasteiger partial charge is 0.350 e. The Bertz CT molecular complexity index is 1040. The summed E-state index contributed by atoms with van der Waals surface area (Å²) in [7, 11) is 0. The maximum absolute atomic E-state index is 12.3. The number of para-hydroxylation sites is 1. The van der Waals surface area contributed by atoms with Crippen LogP contribution >= 0.6 is 0 Å². The van der Waals surface area contributed by atoms with Crippen LogP contribution in [-0.4, -0.2) is 37.2 Å². The highest BCUT2D eigenvalue weighted by atomic mass is 16.2. The number of hydrogen-bond donors (Lipinski definition) is 1. The van der Waals surface area contributed by atoms with Gasteiger partial charge in [0.1, 0.15) is 0 Å². The van der Waals surface area contributed by atoms with Crippen molar-refractivity contribution in [3.05, 3.63) is 96.1 Å². The van der Waals surface area contributed by atoms with Gasteiger partial charge in [-0.1, -0.05) is 53.7 Å². The van der Waals surface area contributed by atoms with Gasteiger partial charge in [0.2, 0.25) is 0 Å². The molecule has 0 fully saturated rings. The molecule has 2 aromatic heterocycles. The molecule has 0 saturated carbocycles. The van der Waals surface area contributed by atoms with Gasteiger partial charge in [0.05, 0.1) is 24.6 Å². The molecule has 0 aliphatic heterocycles. The molecule has 2 aromatic carbocycles. The average Bonchev–Trinajstić information content (AvgIpc) is 3.39. The first-order valence-electron chi connectivity index (χ1n) is 9.09. The summed E-state index contributed by atoms with van der Waals surface area (Å²) in [6, 6.07) is 19.8. The second-order valence-electron chi connectivity index (χ2n) is 6.42. The lowest BCUT2D eigenvalue weighted by atomic mass is 10.2. The first kappa shape index (κ1) is 17.7. The lowest BCUT2D eigenvalue weighted by molar-refractivity contribution is 0.0949. The van der Waals surface area contributed by atoms with E-state index in [1.54, 1.807) is 10.9 Å². The number of aromatic nitrogens is 5. The van der Waals surface area contributed by atoms with Gasteiger partial charge in [-0.3, -0.25) is 4.79 Å². The molecule has 140 valence electrons. The highest BCUT2D eigenvalue weighted by molar-refractivity contribution is 5.91. The van der Waals surface area contributed by atoms with Gasteiger partial charge in [-0.2, -0.15) is 5.10 Å². The smallest absolute Gasteiger partial charge is 0.273 e. The van der Waals surface area contributed by atoms with Crippen LogP contribution in [0.4, 0.5) is 0 Å². The number of amides is 1. The fourth-order valence-electron chi connectivity index (χ4n) is 2.87. The summed E-state index contributed by atoms with van der Waals surface area (Å²) in [6.45, 7) is 1.09. The van der Waals surface area contributed by atoms with Crippen molar-refractivity contribution in [1.29, 1.82) is 0 Å². The van der Waals surface area contributed by atoms with Crippen molar-refractivity contribution >= 4 is 5.91 Å². The van der Waals surface area contributed by atoms with E-state index in [4.69, 9.17) is 0 Å². The molecule has 0 aliphatic rings. The topological polar surface area (TPSA) is 77.6 Å². The van der Waals surface area contributed by atoms with Crippen LogP contribution in [0.5, 0.6) is 0 Å². The van der Waals surface area contributed by atoms with E-state index in [1.165, 1.54) is 0 Å². The summed E-state index contributed by atoms with van der Waals surface area (Å²) < 4.78 is 3.49. The normalized spacial score (nSPS) is 10.7. The van der Waals surface area contributed by atoms with E-state index in [-0.39, 0.29) is 5.91 Å². The summed E-state index contributed by atoms with van der Waals surface area (Å²) in [5.74, 6) is -0.227. The van der Waals surface area contributed by atoms with Crippen LogP contribution in [0.1, 0.15) is 21.6 Å². The zero-order valence-corrected chi connectivity index (χ0v) is 15.3. The zero-order chi connectivity index (χ0) is 19.2. The Morgan fingerprint density at radius 2 is 1.68 bits per heavy atom. The molecule has 1 N–H and O–H groups in total. The SMILES string of the molecule is O=C(NCCc1cnn(-c2ccccc2)c1)c1cn(Cc2ccccc2)nn1. The van der Waals surface area contributed by atoms with E-state index in [1.807, 2.05) is 77.7 Å². The van der Waals surface area contributed by atoms with Crippen LogP contribution in [0.2, 0.25) is 0 Å². The highest BCUT2D eigenvalue weighted by Gasteiger charge is 2.11. The lowest BCUT2D eigenvalue weighted by Crippen LogP contribution is -2.26. The van der Waals surface area contributed by atoms with Crippen LogP contribution in [-0.2, 0) is 13.0 Å². The van der Waals surface area contributed by atoms with E-state index in [9.17, 15) is 4.79 Å². The van der Waals surface area contributed by atoms with Crippen molar-refractivity contribution in [2.45, 2.75) is 13.0 Å². The molecule has 4 aromatic rings. The third kappa shape index (κ3) is 4.32. The number of rotatable bonds is 7. The fraction of sp³-hybridized carbons (Fsp3) is 0.143. The second-order valence-corrected chi connectivity index (χ2v) is 6.42. The summed E-state index contributed by atoms with van der Waals surface area (Å²) in [5.41, 5.74) is 3.48. The fourth-order valence-corrected chi connectivity index (χ4v) is 2.87. The maximum atomic E-state index is 12.3. The number of carbonyl (C=O) groups excluding carboxylic acids is 1. The van der Waals surface area contributed by atoms with E-state index in [2.05, 4.69) is 20.7 Å². The van der Waals surface area contributed by atoms with Crippen LogP contribution in [0.25, 0.3) is 5.69 Å². The van der Waals surface area contributed by atoms with Crippen molar-refractivity contribution in [3.8, 4) is 5.69 Å². The predicted octanol–water partition coefficient (Wildman–Crippen LogP) is 2.48. The van der Waals surface area contributed by atoms with E-state index in [0.29, 0.717) is 25.2 Å². The van der Waals surface area contributed by atoms with Gasteiger partial charge in [0.25, 0.3) is 5.91 Å². The van der Waals surface area contributed by atoms with Gasteiger partial charge in [0, 0.05) is 12.7 Å². The minimum atomic E-state index is -0.227. The Morgan fingerprint density at radius 3 is 2.46 bits per heavy atom. The average molecular weight is 372 g/mol. The number of benzene rings is 2. The summed E-state index contributed by atoms with van der Waals surface area (Å²) in [4.78, 5) is 12.3. The van der Waals surface area contributed by atoms with Crippen LogP contribution in [0.15, 0.2) is 79.3 Å². The molecule has 0 spiro atoms. The molecule has 28 heavy (non-hydrogen) atoms. The molecule has 0 aliphatic carbocycles. The Morgan fingerprint density at radius 1 is 0.929 bits per heavy atom. The molecule has 0 saturated heterocycles.